The van der Waals surface area contributed by atoms with E-state index in [1.54, 1.807) is 43.7 Å². The van der Waals surface area contributed by atoms with Crippen molar-refractivity contribution in [2.75, 3.05) is 19.0 Å². The fourth-order valence-corrected chi connectivity index (χ4v) is 4.99. The Bertz CT molecular complexity index is 1630. The summed E-state index contributed by atoms with van der Waals surface area (Å²) in [5.74, 6) is -2.83. The number of rotatable bonds is 8. The summed E-state index contributed by atoms with van der Waals surface area (Å²) in [7, 11) is -1.11. The first kappa shape index (κ1) is 25.9. The number of nitrogens with one attached hydrogen (secondary N) is 1. The topological polar surface area (TPSA) is 172 Å². The van der Waals surface area contributed by atoms with Crippen molar-refractivity contribution in [2.45, 2.75) is 18.6 Å². The van der Waals surface area contributed by atoms with Gasteiger partial charge < -0.3 is 15.6 Å². The van der Waals surface area contributed by atoms with Crippen LogP contribution in [0.25, 0.3) is 22.2 Å². The second kappa shape index (κ2) is 9.67. The van der Waals surface area contributed by atoms with Crippen LogP contribution in [-0.4, -0.2) is 58.7 Å². The Morgan fingerprint density at radius 1 is 1.11 bits per heavy atom. The van der Waals surface area contributed by atoms with E-state index in [1.165, 1.54) is 13.1 Å². The highest BCUT2D eigenvalue weighted by Gasteiger charge is 2.33. The molecule has 1 aromatic carbocycles. The summed E-state index contributed by atoms with van der Waals surface area (Å²) in [6.07, 6.45) is 5.88. The van der Waals surface area contributed by atoms with Crippen LogP contribution >= 0.6 is 0 Å². The van der Waals surface area contributed by atoms with Gasteiger partial charge in [-0.05, 0) is 24.1 Å². The van der Waals surface area contributed by atoms with E-state index >= 15 is 4.39 Å². The zero-order valence-electron chi connectivity index (χ0n) is 20.1. The van der Waals surface area contributed by atoms with Crippen LogP contribution in [-0.2, 0) is 10.1 Å². The standard InChI is InChI=1S/C24H23FN6O5S/c1-4-18(37(34,35)36)14-5-6-15(22(26)33)20(25)19(14)21(32)17-11-28-23-16(17)7-12(8-27-23)13-9-29-24(30-10-13)31(2)3/h5-11,18H,4H2,1-3H3,(H2,26,33)(H,27,28)(H,34,35,36). The third-order valence-corrected chi connectivity index (χ3v) is 7.20. The molecule has 0 radical (unpaired) electrons. The van der Waals surface area contributed by atoms with Gasteiger partial charge in [0, 0.05) is 61.0 Å². The number of halogens is 1. The second-order valence-corrected chi connectivity index (χ2v) is 10.1. The lowest BCUT2D eigenvalue weighted by Gasteiger charge is -2.18. The van der Waals surface area contributed by atoms with Gasteiger partial charge in [0.2, 0.25) is 5.95 Å². The lowest BCUT2D eigenvalue weighted by Crippen LogP contribution is -2.21. The molecule has 1 unspecified atom stereocenters. The summed E-state index contributed by atoms with van der Waals surface area (Å²) >= 11 is 0. The Balaban J connectivity index is 1.90. The number of primary amides is 1. The molecule has 11 nitrogen and oxygen atoms in total. The number of carbonyl (C=O) groups excluding carboxylic acids is 2. The smallest absolute Gasteiger partial charge is 0.272 e. The number of nitrogens with two attached hydrogens (primary N) is 1. The van der Waals surface area contributed by atoms with E-state index in [0.717, 1.165) is 12.1 Å². The molecule has 3 aromatic heterocycles. The highest BCUT2D eigenvalue weighted by atomic mass is 32.2. The van der Waals surface area contributed by atoms with Gasteiger partial charge in [-0.15, -0.1) is 0 Å². The first-order valence-electron chi connectivity index (χ1n) is 11.0. The normalized spacial score (nSPS) is 12.5. The first-order chi connectivity index (χ1) is 17.4. The van der Waals surface area contributed by atoms with E-state index < -0.39 is 44.0 Å². The number of amides is 1. The highest BCUT2D eigenvalue weighted by Crippen LogP contribution is 2.34. The quantitative estimate of drug-likeness (QED) is 0.230. The average Bonchev–Trinajstić information content (AvgIpc) is 3.26. The van der Waals surface area contributed by atoms with Crippen molar-refractivity contribution in [1.82, 2.24) is 19.9 Å². The number of aromatic amines is 1. The maximum atomic E-state index is 15.5. The molecule has 1 atom stereocenters. The van der Waals surface area contributed by atoms with Crippen LogP contribution in [0, 0.1) is 5.82 Å². The molecule has 13 heteroatoms. The zero-order chi connectivity index (χ0) is 27.1. The molecule has 37 heavy (non-hydrogen) atoms. The monoisotopic (exact) mass is 526 g/mol. The summed E-state index contributed by atoms with van der Waals surface area (Å²) in [5, 5.41) is -1.29. The van der Waals surface area contributed by atoms with Crippen molar-refractivity contribution >= 4 is 38.8 Å². The Labute approximate surface area is 211 Å². The molecule has 4 aromatic rings. The van der Waals surface area contributed by atoms with Gasteiger partial charge in [0.1, 0.15) is 16.7 Å². The Kier molecular flexibility index (Phi) is 6.76. The van der Waals surface area contributed by atoms with Crippen LogP contribution in [0.1, 0.15) is 50.4 Å². The molecule has 0 spiro atoms. The van der Waals surface area contributed by atoms with Crippen LogP contribution in [0.4, 0.5) is 10.3 Å². The van der Waals surface area contributed by atoms with Crippen LogP contribution < -0.4 is 10.6 Å². The van der Waals surface area contributed by atoms with E-state index in [-0.39, 0.29) is 17.5 Å². The third kappa shape index (κ3) is 4.78. The minimum absolute atomic E-state index is 0.0258. The molecular formula is C24H23FN6O5S. The van der Waals surface area contributed by atoms with Gasteiger partial charge in [-0.2, -0.15) is 8.42 Å². The first-order valence-corrected chi connectivity index (χ1v) is 12.5. The minimum Gasteiger partial charge on any atom is -0.366 e. The summed E-state index contributed by atoms with van der Waals surface area (Å²) in [5.41, 5.74) is 5.18. The average molecular weight is 527 g/mol. The number of fused-ring (bicyclic) bond motifs is 1. The highest BCUT2D eigenvalue weighted by molar-refractivity contribution is 7.86. The summed E-state index contributed by atoms with van der Waals surface area (Å²) in [4.78, 5) is 42.9. The van der Waals surface area contributed by atoms with Gasteiger partial charge in [0.05, 0.1) is 11.1 Å². The van der Waals surface area contributed by atoms with Crippen LogP contribution in [0.15, 0.2) is 43.0 Å². The van der Waals surface area contributed by atoms with E-state index in [1.807, 2.05) is 0 Å². The number of anilines is 1. The van der Waals surface area contributed by atoms with E-state index in [4.69, 9.17) is 5.73 Å². The predicted octanol–water partition coefficient (Wildman–Crippen LogP) is 2.89. The van der Waals surface area contributed by atoms with Crippen molar-refractivity contribution in [3.8, 4) is 11.1 Å². The summed E-state index contributed by atoms with van der Waals surface area (Å²) in [6, 6.07) is 3.74. The van der Waals surface area contributed by atoms with Gasteiger partial charge in [-0.3, -0.25) is 14.1 Å². The second-order valence-electron chi connectivity index (χ2n) is 8.49. The van der Waals surface area contributed by atoms with Gasteiger partial charge in [0.25, 0.3) is 16.0 Å². The number of carbonyl (C=O) groups is 2. The molecule has 3 heterocycles. The third-order valence-electron chi connectivity index (χ3n) is 5.89. The fourth-order valence-electron chi connectivity index (χ4n) is 4.06. The number of pyridine rings is 1. The molecule has 0 saturated heterocycles. The molecule has 4 N–H and O–H groups in total. The van der Waals surface area contributed by atoms with E-state index in [9.17, 15) is 22.6 Å². The largest absolute Gasteiger partial charge is 0.366 e. The van der Waals surface area contributed by atoms with Crippen molar-refractivity contribution in [3.63, 3.8) is 0 Å². The van der Waals surface area contributed by atoms with Gasteiger partial charge >= 0.3 is 0 Å². The molecular weight excluding hydrogens is 503 g/mol. The maximum Gasteiger partial charge on any atom is 0.272 e. The molecule has 0 bridgehead atoms. The zero-order valence-corrected chi connectivity index (χ0v) is 20.9. The van der Waals surface area contributed by atoms with E-state index in [0.29, 0.717) is 28.1 Å². The van der Waals surface area contributed by atoms with Crippen LogP contribution in [0.2, 0.25) is 0 Å². The Hall–Kier alpha value is -4.23. The molecule has 192 valence electrons. The SMILES string of the molecule is CCC(c1ccc(C(N)=O)c(F)c1C(=O)c1c[nH]c2ncc(-c3cnc(N(C)C)nc3)cc12)S(=O)(=O)O. The lowest BCUT2D eigenvalue weighted by molar-refractivity contribution is 0.0996. The van der Waals surface area contributed by atoms with Crippen LogP contribution in [0.3, 0.4) is 0 Å². The van der Waals surface area contributed by atoms with Gasteiger partial charge in [-0.25, -0.2) is 19.3 Å². The number of H-pyrrole nitrogens is 1. The van der Waals surface area contributed by atoms with Crippen molar-refractivity contribution in [3.05, 3.63) is 71.1 Å². The molecule has 1 amide bonds. The van der Waals surface area contributed by atoms with Crippen molar-refractivity contribution in [1.29, 1.82) is 0 Å². The van der Waals surface area contributed by atoms with Crippen molar-refractivity contribution in [2.24, 2.45) is 5.73 Å². The number of hydrogen-bond donors (Lipinski definition) is 3. The number of benzene rings is 1. The Morgan fingerprint density at radius 2 is 1.76 bits per heavy atom. The molecule has 0 saturated carbocycles. The summed E-state index contributed by atoms with van der Waals surface area (Å²) in [6.45, 7) is 1.46. The van der Waals surface area contributed by atoms with Crippen molar-refractivity contribution < 1.29 is 27.0 Å². The minimum atomic E-state index is -4.71. The number of hydrogen-bond acceptors (Lipinski definition) is 8. The van der Waals surface area contributed by atoms with Crippen LogP contribution in [0.5, 0.6) is 0 Å². The number of ketones is 1. The fraction of sp³-hybridized carbons (Fsp3) is 0.208. The van der Waals surface area contributed by atoms with E-state index in [2.05, 4.69) is 19.9 Å². The Morgan fingerprint density at radius 3 is 2.32 bits per heavy atom. The predicted molar refractivity (Wildman–Crippen MR) is 134 cm³/mol. The molecule has 0 aliphatic rings. The van der Waals surface area contributed by atoms with Gasteiger partial charge in [-0.1, -0.05) is 13.0 Å². The molecule has 0 aliphatic heterocycles. The molecule has 0 fully saturated rings. The molecule has 0 aliphatic carbocycles. The summed E-state index contributed by atoms with van der Waals surface area (Å²) < 4.78 is 49.3. The molecule has 4 rings (SSSR count). The maximum absolute atomic E-state index is 15.5. The van der Waals surface area contributed by atoms with Gasteiger partial charge in [0.15, 0.2) is 5.78 Å². The number of nitrogens with zero attached hydrogens (tertiary/aromatic N) is 4. The lowest BCUT2D eigenvalue weighted by atomic mass is 9.92. The number of aromatic nitrogens is 4.